The predicted octanol–water partition coefficient (Wildman–Crippen LogP) is 1.41. The van der Waals surface area contributed by atoms with Crippen LogP contribution in [0.1, 0.15) is 29.4 Å². The number of hydrogen-bond donors (Lipinski definition) is 2. The molecule has 0 aliphatic carbocycles. The Kier molecular flexibility index (Phi) is 5.00. The van der Waals surface area contributed by atoms with Gasteiger partial charge in [0.2, 0.25) is 0 Å². The third-order valence-corrected chi connectivity index (χ3v) is 3.35. The fourth-order valence-corrected chi connectivity index (χ4v) is 2.25. The Balaban J connectivity index is 2.31. The van der Waals surface area contributed by atoms with Crippen molar-refractivity contribution in [2.24, 2.45) is 0 Å². The average molecular weight is 317 g/mol. The number of aryl methyl sites for hydroxylation is 1. The highest BCUT2D eigenvalue weighted by atomic mass is 16.4. The maximum atomic E-state index is 12.4. The number of carbonyl (C=O) groups is 2. The minimum atomic E-state index is -1.09. The summed E-state index contributed by atoms with van der Waals surface area (Å²) in [6.07, 6.45) is 0.627. The minimum absolute atomic E-state index is 0.0743. The number of aromatic amines is 1. The molecule has 0 unspecified atom stereocenters. The molecule has 23 heavy (non-hydrogen) atoms. The van der Waals surface area contributed by atoms with Gasteiger partial charge in [0.1, 0.15) is 12.2 Å². The maximum Gasteiger partial charge on any atom is 0.323 e. The molecule has 2 aromatic rings. The van der Waals surface area contributed by atoms with Crippen molar-refractivity contribution in [3.8, 4) is 5.69 Å². The van der Waals surface area contributed by atoms with Crippen molar-refractivity contribution in [1.29, 1.82) is 0 Å². The molecule has 1 aromatic heterocycles. The first kappa shape index (κ1) is 16.5. The number of nitrogens with zero attached hydrogens (tertiary/aromatic N) is 2. The summed E-state index contributed by atoms with van der Waals surface area (Å²) in [4.78, 5) is 36.6. The second-order valence-corrected chi connectivity index (χ2v) is 5.30. The van der Waals surface area contributed by atoms with Gasteiger partial charge >= 0.3 is 5.97 Å². The summed E-state index contributed by atoms with van der Waals surface area (Å²) in [6.45, 7) is 3.69. The van der Waals surface area contributed by atoms with Crippen LogP contribution >= 0.6 is 0 Å². The van der Waals surface area contributed by atoms with Crippen molar-refractivity contribution in [3.05, 3.63) is 51.9 Å². The van der Waals surface area contributed by atoms with Crippen LogP contribution in [0.2, 0.25) is 0 Å². The first-order valence-electron chi connectivity index (χ1n) is 7.32. The number of aliphatic carboxylic acids is 1. The van der Waals surface area contributed by atoms with Crippen LogP contribution in [0.5, 0.6) is 0 Å². The van der Waals surface area contributed by atoms with Gasteiger partial charge in [0.15, 0.2) is 0 Å². The van der Waals surface area contributed by atoms with E-state index in [1.165, 1.54) is 15.6 Å². The number of benzene rings is 1. The van der Waals surface area contributed by atoms with Crippen LogP contribution in [0.15, 0.2) is 35.1 Å². The van der Waals surface area contributed by atoms with E-state index in [4.69, 9.17) is 5.11 Å². The molecule has 7 nitrogen and oxygen atoms in total. The zero-order chi connectivity index (χ0) is 17.0. The van der Waals surface area contributed by atoms with Crippen LogP contribution in [-0.2, 0) is 4.79 Å². The Labute approximate surface area is 133 Å². The summed E-state index contributed by atoms with van der Waals surface area (Å²) in [5, 5.41) is 11.6. The van der Waals surface area contributed by atoms with E-state index in [1.807, 2.05) is 26.0 Å². The molecule has 0 atom stereocenters. The van der Waals surface area contributed by atoms with E-state index in [-0.39, 0.29) is 11.3 Å². The standard InChI is InChI=1S/C16H19N3O4/c1-3-8-18(10-15(21)22)16(23)13-9-14(20)19(17-13)12-6-4-11(2)5-7-12/h4-7,9,17H,3,8,10H2,1-2H3,(H,21,22). The lowest BCUT2D eigenvalue weighted by atomic mass is 10.2. The lowest BCUT2D eigenvalue weighted by molar-refractivity contribution is -0.137. The van der Waals surface area contributed by atoms with Crippen molar-refractivity contribution < 1.29 is 14.7 Å². The van der Waals surface area contributed by atoms with Gasteiger partial charge in [-0.05, 0) is 25.5 Å². The molecule has 0 saturated heterocycles. The number of nitrogens with one attached hydrogen (secondary N) is 1. The van der Waals surface area contributed by atoms with Crippen LogP contribution in [0.4, 0.5) is 0 Å². The van der Waals surface area contributed by atoms with Crippen LogP contribution < -0.4 is 5.56 Å². The molecule has 0 spiro atoms. The molecular weight excluding hydrogens is 298 g/mol. The Morgan fingerprint density at radius 3 is 2.48 bits per heavy atom. The van der Waals surface area contributed by atoms with E-state index in [1.54, 1.807) is 12.1 Å². The fraction of sp³-hybridized carbons (Fsp3) is 0.312. The number of carboxylic acid groups (broad SMARTS) is 1. The molecule has 0 radical (unpaired) electrons. The van der Waals surface area contributed by atoms with Crippen LogP contribution in [0, 0.1) is 6.92 Å². The average Bonchev–Trinajstić information content (AvgIpc) is 2.88. The number of H-pyrrole nitrogens is 1. The molecular formula is C16H19N3O4. The monoisotopic (exact) mass is 317 g/mol. The second kappa shape index (κ2) is 6.95. The van der Waals surface area contributed by atoms with E-state index in [2.05, 4.69) is 5.10 Å². The first-order valence-corrected chi connectivity index (χ1v) is 7.32. The van der Waals surface area contributed by atoms with Gasteiger partial charge in [0.25, 0.3) is 11.5 Å². The smallest absolute Gasteiger partial charge is 0.323 e. The SMILES string of the molecule is CCCN(CC(=O)O)C(=O)c1cc(=O)n(-c2ccc(C)cc2)[nH]1. The Morgan fingerprint density at radius 2 is 1.91 bits per heavy atom. The summed E-state index contributed by atoms with van der Waals surface area (Å²) >= 11 is 0. The van der Waals surface area contributed by atoms with Gasteiger partial charge < -0.3 is 10.0 Å². The highest BCUT2D eigenvalue weighted by molar-refractivity contribution is 5.94. The van der Waals surface area contributed by atoms with Gasteiger partial charge in [0, 0.05) is 12.6 Å². The quantitative estimate of drug-likeness (QED) is 0.842. The molecule has 1 heterocycles. The van der Waals surface area contributed by atoms with Gasteiger partial charge in [-0.15, -0.1) is 0 Å². The molecule has 1 aromatic carbocycles. The van der Waals surface area contributed by atoms with Crippen molar-refractivity contribution >= 4 is 11.9 Å². The van der Waals surface area contributed by atoms with E-state index >= 15 is 0 Å². The Bertz CT molecular complexity index is 758. The lowest BCUT2D eigenvalue weighted by Gasteiger charge is -2.18. The first-order chi connectivity index (χ1) is 10.9. The predicted molar refractivity (Wildman–Crippen MR) is 85.0 cm³/mol. The Morgan fingerprint density at radius 1 is 1.26 bits per heavy atom. The van der Waals surface area contributed by atoms with E-state index in [0.717, 1.165) is 5.56 Å². The molecule has 7 heteroatoms. The van der Waals surface area contributed by atoms with Crippen molar-refractivity contribution in [1.82, 2.24) is 14.7 Å². The fourth-order valence-electron chi connectivity index (χ4n) is 2.25. The lowest BCUT2D eigenvalue weighted by Crippen LogP contribution is -2.36. The largest absolute Gasteiger partial charge is 0.480 e. The number of hydrogen-bond acceptors (Lipinski definition) is 3. The number of carbonyl (C=O) groups excluding carboxylic acids is 1. The molecule has 2 rings (SSSR count). The summed E-state index contributed by atoms with van der Waals surface area (Å²) in [5.74, 6) is -1.59. The number of carboxylic acids is 1. The third kappa shape index (κ3) is 3.88. The van der Waals surface area contributed by atoms with E-state index < -0.39 is 18.4 Å². The summed E-state index contributed by atoms with van der Waals surface area (Å²) < 4.78 is 1.26. The normalized spacial score (nSPS) is 10.5. The number of amides is 1. The van der Waals surface area contributed by atoms with E-state index in [9.17, 15) is 14.4 Å². The van der Waals surface area contributed by atoms with Gasteiger partial charge in [0.05, 0.1) is 5.69 Å². The molecule has 122 valence electrons. The van der Waals surface area contributed by atoms with Gasteiger partial charge in [-0.2, -0.15) is 0 Å². The Hall–Kier alpha value is -2.83. The minimum Gasteiger partial charge on any atom is -0.480 e. The molecule has 0 aliphatic rings. The summed E-state index contributed by atoms with van der Waals surface area (Å²) in [7, 11) is 0. The van der Waals surface area contributed by atoms with Crippen molar-refractivity contribution in [3.63, 3.8) is 0 Å². The topological polar surface area (TPSA) is 95.4 Å². The van der Waals surface area contributed by atoms with Crippen molar-refractivity contribution in [2.75, 3.05) is 13.1 Å². The molecule has 0 saturated carbocycles. The van der Waals surface area contributed by atoms with Crippen LogP contribution in [-0.4, -0.2) is 44.8 Å². The van der Waals surface area contributed by atoms with E-state index in [0.29, 0.717) is 18.7 Å². The number of aromatic nitrogens is 2. The molecule has 0 bridgehead atoms. The second-order valence-electron chi connectivity index (χ2n) is 5.30. The number of rotatable bonds is 6. The van der Waals surface area contributed by atoms with Crippen LogP contribution in [0.25, 0.3) is 5.69 Å². The summed E-state index contributed by atoms with van der Waals surface area (Å²) in [5.41, 5.74) is 1.37. The van der Waals surface area contributed by atoms with Crippen molar-refractivity contribution in [2.45, 2.75) is 20.3 Å². The molecule has 0 aliphatic heterocycles. The third-order valence-electron chi connectivity index (χ3n) is 3.35. The van der Waals surface area contributed by atoms with Crippen LogP contribution in [0.3, 0.4) is 0 Å². The zero-order valence-corrected chi connectivity index (χ0v) is 13.1. The maximum absolute atomic E-state index is 12.4. The molecule has 2 N–H and O–H groups in total. The van der Waals surface area contributed by atoms with Gasteiger partial charge in [-0.3, -0.25) is 19.5 Å². The zero-order valence-electron chi connectivity index (χ0n) is 13.1. The van der Waals surface area contributed by atoms with Gasteiger partial charge in [-0.1, -0.05) is 24.6 Å². The molecule has 1 amide bonds. The highest BCUT2D eigenvalue weighted by Crippen LogP contribution is 2.08. The molecule has 0 fully saturated rings. The summed E-state index contributed by atoms with van der Waals surface area (Å²) in [6, 6.07) is 8.44. The highest BCUT2D eigenvalue weighted by Gasteiger charge is 2.20. The van der Waals surface area contributed by atoms with Gasteiger partial charge in [-0.25, -0.2) is 4.68 Å².